The van der Waals surface area contributed by atoms with Crippen LogP contribution in [0.4, 0.5) is 5.69 Å². The molecule has 0 amide bonds. The van der Waals surface area contributed by atoms with Gasteiger partial charge in [-0.15, -0.1) is 11.3 Å². The Bertz CT molecular complexity index is 1070. The van der Waals surface area contributed by atoms with E-state index >= 15 is 0 Å². The topological polar surface area (TPSA) is 67.2 Å². The fraction of sp³-hybridized carbons (Fsp3) is 0.100. The van der Waals surface area contributed by atoms with E-state index in [0.717, 1.165) is 16.9 Å². The van der Waals surface area contributed by atoms with Crippen LogP contribution in [0, 0.1) is 11.3 Å². The molecule has 2 aromatic carbocycles. The van der Waals surface area contributed by atoms with Gasteiger partial charge in [-0.05, 0) is 24.3 Å². The number of anilines is 1. The molecule has 5 nitrogen and oxygen atoms in total. The van der Waals surface area contributed by atoms with Gasteiger partial charge in [0, 0.05) is 28.9 Å². The fourth-order valence-corrected chi connectivity index (χ4v) is 3.50. The molecule has 8 heteroatoms. The number of allylic oxidation sites excluding steroid dienone is 1. The third-order valence-corrected chi connectivity index (χ3v) is 5.45. The first kappa shape index (κ1) is 20.0. The molecular formula is C20H15Cl2N3O2S. The molecule has 1 N–H and O–H groups in total. The van der Waals surface area contributed by atoms with Crippen LogP contribution in [0.5, 0.6) is 11.5 Å². The summed E-state index contributed by atoms with van der Waals surface area (Å²) in [5, 5.41) is 16.0. The first-order chi connectivity index (χ1) is 13.5. The van der Waals surface area contributed by atoms with Crippen molar-refractivity contribution in [1.29, 1.82) is 5.26 Å². The lowest BCUT2D eigenvalue weighted by Crippen LogP contribution is -1.94. The lowest BCUT2D eigenvalue weighted by molar-refractivity contribution is 0.355. The lowest BCUT2D eigenvalue weighted by Gasteiger charge is -2.09. The molecule has 0 aliphatic rings. The third-order valence-electron chi connectivity index (χ3n) is 3.84. The van der Waals surface area contributed by atoms with E-state index in [4.69, 9.17) is 32.7 Å². The van der Waals surface area contributed by atoms with Crippen molar-refractivity contribution < 1.29 is 9.47 Å². The SMILES string of the molecule is COc1ccc(NC=C(C#N)c2nc(-c3ccc(Cl)c(Cl)c3)cs2)cc1OC. The summed E-state index contributed by atoms with van der Waals surface area (Å²) in [5.74, 6) is 1.22. The summed E-state index contributed by atoms with van der Waals surface area (Å²) in [4.78, 5) is 4.54. The summed E-state index contributed by atoms with van der Waals surface area (Å²) < 4.78 is 10.5. The molecular weight excluding hydrogens is 417 g/mol. The number of nitrogens with one attached hydrogen (secondary N) is 1. The zero-order chi connectivity index (χ0) is 20.1. The average Bonchev–Trinajstić information content (AvgIpc) is 3.20. The van der Waals surface area contributed by atoms with Crippen LogP contribution in [0.25, 0.3) is 16.8 Å². The highest BCUT2D eigenvalue weighted by atomic mass is 35.5. The average molecular weight is 432 g/mol. The molecule has 0 saturated heterocycles. The van der Waals surface area contributed by atoms with Crippen LogP contribution in [0.1, 0.15) is 5.01 Å². The monoisotopic (exact) mass is 431 g/mol. The largest absolute Gasteiger partial charge is 0.493 e. The summed E-state index contributed by atoms with van der Waals surface area (Å²) in [6.45, 7) is 0. The molecule has 0 aliphatic heterocycles. The number of thiazole rings is 1. The molecule has 1 aromatic heterocycles. The van der Waals surface area contributed by atoms with Crippen LogP contribution in [0.2, 0.25) is 10.0 Å². The molecule has 0 radical (unpaired) electrons. The number of rotatable bonds is 6. The number of benzene rings is 2. The summed E-state index contributed by atoms with van der Waals surface area (Å²) in [6.07, 6.45) is 1.61. The first-order valence-corrected chi connectivity index (χ1v) is 9.69. The van der Waals surface area contributed by atoms with Gasteiger partial charge in [0.2, 0.25) is 0 Å². The van der Waals surface area contributed by atoms with Crippen LogP contribution >= 0.6 is 34.5 Å². The Labute approximate surface area is 176 Å². The maximum Gasteiger partial charge on any atom is 0.162 e. The van der Waals surface area contributed by atoms with Gasteiger partial charge in [0.15, 0.2) is 11.5 Å². The number of nitrogens with zero attached hydrogens (tertiary/aromatic N) is 2. The second-order valence-electron chi connectivity index (χ2n) is 5.55. The van der Waals surface area contributed by atoms with E-state index in [0.29, 0.717) is 32.1 Å². The molecule has 0 spiro atoms. The minimum Gasteiger partial charge on any atom is -0.493 e. The van der Waals surface area contributed by atoms with Crippen molar-refractivity contribution in [3.63, 3.8) is 0 Å². The molecule has 1 heterocycles. The zero-order valence-corrected chi connectivity index (χ0v) is 17.3. The van der Waals surface area contributed by atoms with E-state index in [9.17, 15) is 5.26 Å². The maximum atomic E-state index is 9.53. The van der Waals surface area contributed by atoms with Crippen molar-refractivity contribution in [3.05, 3.63) is 63.0 Å². The molecule has 0 saturated carbocycles. The van der Waals surface area contributed by atoms with Gasteiger partial charge in [0.05, 0.1) is 30.0 Å². The van der Waals surface area contributed by atoms with Gasteiger partial charge in [0.1, 0.15) is 16.6 Å². The highest BCUT2D eigenvalue weighted by Gasteiger charge is 2.11. The summed E-state index contributed by atoms with van der Waals surface area (Å²) in [7, 11) is 3.14. The number of halogens is 2. The summed E-state index contributed by atoms with van der Waals surface area (Å²) in [5.41, 5.74) is 2.73. The Morgan fingerprint density at radius 3 is 2.57 bits per heavy atom. The van der Waals surface area contributed by atoms with Gasteiger partial charge in [0.25, 0.3) is 0 Å². The normalized spacial score (nSPS) is 11.0. The molecule has 3 aromatic rings. The van der Waals surface area contributed by atoms with E-state index in [1.807, 2.05) is 17.5 Å². The minimum absolute atomic E-state index is 0.408. The van der Waals surface area contributed by atoms with E-state index < -0.39 is 0 Å². The van der Waals surface area contributed by atoms with E-state index in [1.165, 1.54) is 11.3 Å². The second kappa shape index (κ2) is 8.98. The first-order valence-electron chi connectivity index (χ1n) is 8.06. The number of methoxy groups -OCH3 is 2. The van der Waals surface area contributed by atoms with E-state index in [1.54, 1.807) is 44.7 Å². The summed E-state index contributed by atoms with van der Waals surface area (Å²) in [6, 6.07) is 12.9. The maximum absolute atomic E-state index is 9.53. The number of nitriles is 1. The van der Waals surface area contributed by atoms with Gasteiger partial charge in [-0.2, -0.15) is 5.26 Å². The van der Waals surface area contributed by atoms with Crippen molar-refractivity contribution >= 4 is 45.8 Å². The van der Waals surface area contributed by atoms with Gasteiger partial charge in [-0.25, -0.2) is 4.98 Å². The van der Waals surface area contributed by atoms with Gasteiger partial charge < -0.3 is 14.8 Å². The molecule has 0 aliphatic carbocycles. The molecule has 0 bridgehead atoms. The van der Waals surface area contributed by atoms with Gasteiger partial charge in [-0.3, -0.25) is 0 Å². The fourth-order valence-electron chi connectivity index (χ4n) is 2.41. The Kier molecular flexibility index (Phi) is 6.42. The van der Waals surface area contributed by atoms with Crippen molar-refractivity contribution in [2.75, 3.05) is 19.5 Å². The van der Waals surface area contributed by atoms with E-state index in [2.05, 4.69) is 16.4 Å². The molecule has 142 valence electrons. The van der Waals surface area contributed by atoms with Crippen LogP contribution < -0.4 is 14.8 Å². The highest BCUT2D eigenvalue weighted by molar-refractivity contribution is 7.11. The highest BCUT2D eigenvalue weighted by Crippen LogP contribution is 2.32. The zero-order valence-electron chi connectivity index (χ0n) is 15.0. The van der Waals surface area contributed by atoms with Gasteiger partial charge in [-0.1, -0.05) is 29.3 Å². The second-order valence-corrected chi connectivity index (χ2v) is 7.22. The predicted octanol–water partition coefficient (Wildman–Crippen LogP) is 6.11. The van der Waals surface area contributed by atoms with E-state index in [-0.39, 0.29) is 0 Å². The Morgan fingerprint density at radius 1 is 1.11 bits per heavy atom. The van der Waals surface area contributed by atoms with Crippen LogP contribution in [-0.4, -0.2) is 19.2 Å². The molecule has 0 fully saturated rings. The van der Waals surface area contributed by atoms with Crippen molar-refractivity contribution in [1.82, 2.24) is 4.98 Å². The van der Waals surface area contributed by atoms with Crippen LogP contribution in [-0.2, 0) is 0 Å². The number of aromatic nitrogens is 1. The van der Waals surface area contributed by atoms with Crippen LogP contribution in [0.3, 0.4) is 0 Å². The molecule has 0 unspecified atom stereocenters. The molecule has 0 atom stereocenters. The third kappa shape index (κ3) is 4.39. The van der Waals surface area contributed by atoms with Crippen LogP contribution in [0.15, 0.2) is 48.0 Å². The summed E-state index contributed by atoms with van der Waals surface area (Å²) >= 11 is 13.4. The smallest absolute Gasteiger partial charge is 0.162 e. The number of ether oxygens (including phenoxy) is 2. The lowest BCUT2D eigenvalue weighted by atomic mass is 10.2. The predicted molar refractivity (Wildman–Crippen MR) is 114 cm³/mol. The van der Waals surface area contributed by atoms with Crippen molar-refractivity contribution in [2.24, 2.45) is 0 Å². The van der Waals surface area contributed by atoms with Crippen molar-refractivity contribution in [3.8, 4) is 28.8 Å². The molecule has 28 heavy (non-hydrogen) atoms. The molecule has 3 rings (SSSR count). The Morgan fingerprint density at radius 2 is 1.89 bits per heavy atom. The minimum atomic E-state index is 0.408. The number of hydrogen-bond acceptors (Lipinski definition) is 6. The Hall–Kier alpha value is -2.72. The standard InChI is InChI=1S/C20H15Cl2N3O2S/c1-26-18-6-4-14(8-19(18)27-2)24-10-13(9-23)20-25-17(11-28-20)12-3-5-15(21)16(22)7-12/h3-8,10-11,24H,1-2H3. The van der Waals surface area contributed by atoms with Gasteiger partial charge >= 0.3 is 0 Å². The number of hydrogen-bond donors (Lipinski definition) is 1. The quantitative estimate of drug-likeness (QED) is 0.476. The van der Waals surface area contributed by atoms with Crippen molar-refractivity contribution in [2.45, 2.75) is 0 Å². The Balaban J connectivity index is 1.83.